The van der Waals surface area contributed by atoms with Gasteiger partial charge in [-0.2, -0.15) is 0 Å². The second kappa shape index (κ2) is 10.2. The molecule has 0 bridgehead atoms. The number of piperidine rings is 1. The number of imidazole rings is 1. The Morgan fingerprint density at radius 3 is 2.93 bits per heavy atom. The van der Waals surface area contributed by atoms with Gasteiger partial charge >= 0.3 is 0 Å². The quantitative estimate of drug-likeness (QED) is 0.338. The largest absolute Gasteiger partial charge is 0.333 e. The molecule has 3 heterocycles. The normalized spacial score (nSPS) is 20.1. The minimum Gasteiger partial charge on any atom is -0.333 e. The van der Waals surface area contributed by atoms with Crippen molar-refractivity contribution in [2.45, 2.75) is 38.1 Å². The Labute approximate surface area is 179 Å². The number of amides is 1. The van der Waals surface area contributed by atoms with Crippen molar-refractivity contribution in [2.24, 2.45) is 5.92 Å². The van der Waals surface area contributed by atoms with E-state index in [-0.39, 0.29) is 17.1 Å². The van der Waals surface area contributed by atoms with Crippen LogP contribution in [-0.2, 0) is 0 Å². The van der Waals surface area contributed by atoms with Crippen LogP contribution in [0.25, 0.3) is 5.65 Å². The highest BCUT2D eigenvalue weighted by Gasteiger charge is 2.34. The van der Waals surface area contributed by atoms with Crippen molar-refractivity contribution in [1.82, 2.24) is 19.3 Å². The van der Waals surface area contributed by atoms with Gasteiger partial charge in [0.05, 0.1) is 0 Å². The van der Waals surface area contributed by atoms with Gasteiger partial charge < -0.3 is 4.90 Å². The average molecular weight is 431 g/mol. The summed E-state index contributed by atoms with van der Waals surface area (Å²) in [6.07, 6.45) is 15.3. The third kappa shape index (κ3) is 4.79. The molecule has 0 saturated carbocycles. The molecule has 1 amide bonds. The highest BCUT2D eigenvalue weighted by molar-refractivity contribution is 7.16. The van der Waals surface area contributed by atoms with Gasteiger partial charge in [-0.15, -0.1) is 9.24 Å². The first kappa shape index (κ1) is 21.7. The van der Waals surface area contributed by atoms with Crippen molar-refractivity contribution in [1.29, 1.82) is 0 Å². The second-order valence-corrected chi connectivity index (χ2v) is 8.24. The van der Waals surface area contributed by atoms with Crippen molar-refractivity contribution < 1.29 is 4.79 Å². The first-order valence-corrected chi connectivity index (χ1v) is 11.2. The summed E-state index contributed by atoms with van der Waals surface area (Å²) in [5, 5.41) is 0.256. The van der Waals surface area contributed by atoms with E-state index in [0.29, 0.717) is 23.9 Å². The first-order valence-electron chi connectivity index (χ1n) is 10.0. The average Bonchev–Trinajstić information content (AvgIpc) is 3.08. The lowest BCUT2D eigenvalue weighted by Gasteiger charge is -2.40. The smallest absolute Gasteiger partial charge is 0.290 e. The van der Waals surface area contributed by atoms with E-state index in [1.807, 2.05) is 23.1 Å². The molecule has 3 rings (SSSR count). The molecule has 0 radical (unpaired) electrons. The van der Waals surface area contributed by atoms with E-state index in [0.717, 1.165) is 38.3 Å². The molecule has 0 N–H and O–H groups in total. The zero-order chi connectivity index (χ0) is 20.8. The van der Waals surface area contributed by atoms with Crippen LogP contribution < -0.4 is 0 Å². The molecule has 1 aliphatic rings. The molecule has 0 aromatic carbocycles. The van der Waals surface area contributed by atoms with Gasteiger partial charge in [-0.3, -0.25) is 9.20 Å². The van der Waals surface area contributed by atoms with Crippen molar-refractivity contribution in [3.8, 4) is 0 Å². The van der Waals surface area contributed by atoms with Gasteiger partial charge in [0.15, 0.2) is 10.8 Å². The topological polar surface area (TPSA) is 50.5 Å². The minimum atomic E-state index is -0.0814. The molecule has 2 aromatic rings. The van der Waals surface area contributed by atoms with Gasteiger partial charge in [-0.1, -0.05) is 49.4 Å². The Bertz CT molecular complexity index is 923. The molecule has 0 aliphatic carbocycles. The Morgan fingerprint density at radius 2 is 2.21 bits per heavy atom. The lowest BCUT2D eigenvalue weighted by Crippen LogP contribution is -2.47. The molecule has 29 heavy (non-hydrogen) atoms. The van der Waals surface area contributed by atoms with Crippen LogP contribution in [0.5, 0.6) is 0 Å². The molecule has 1 aliphatic heterocycles. The molecule has 2 aromatic heterocycles. The Balaban J connectivity index is 1.87. The number of nitrogens with zero attached hydrogens (tertiary/aromatic N) is 4. The number of carbonyl (C=O) groups is 1. The van der Waals surface area contributed by atoms with Crippen LogP contribution in [-0.4, -0.2) is 43.9 Å². The predicted octanol–water partition coefficient (Wildman–Crippen LogP) is 4.95. The van der Waals surface area contributed by atoms with Crippen molar-refractivity contribution >= 4 is 32.4 Å². The highest BCUT2D eigenvalue weighted by Crippen LogP contribution is 2.33. The number of rotatable bonds is 8. The number of likely N-dealkylation sites (tertiary alicyclic amines) is 1. The van der Waals surface area contributed by atoms with E-state index in [1.54, 1.807) is 22.9 Å². The SMILES string of the molecule is C=C/C=C(\C=C)C1CCN(C(=O)c2nc(Cl)c3ncccn23)C(CCCCP)C1. The summed E-state index contributed by atoms with van der Waals surface area (Å²) in [6.45, 7) is 8.46. The summed E-state index contributed by atoms with van der Waals surface area (Å²) in [4.78, 5) is 24.0. The fraction of sp³-hybridized carbons (Fsp3) is 0.409. The van der Waals surface area contributed by atoms with Gasteiger partial charge in [0.1, 0.15) is 0 Å². The van der Waals surface area contributed by atoms with Gasteiger partial charge in [0, 0.05) is 25.0 Å². The monoisotopic (exact) mass is 430 g/mol. The predicted molar refractivity (Wildman–Crippen MR) is 122 cm³/mol. The molecule has 3 atom stereocenters. The molecule has 1 saturated heterocycles. The van der Waals surface area contributed by atoms with Crippen LogP contribution in [0.1, 0.15) is 42.7 Å². The number of carbonyl (C=O) groups excluding carboxylic acids is 1. The van der Waals surface area contributed by atoms with E-state index >= 15 is 0 Å². The van der Waals surface area contributed by atoms with E-state index in [1.165, 1.54) is 5.57 Å². The van der Waals surface area contributed by atoms with Crippen LogP contribution in [0.2, 0.25) is 5.15 Å². The highest BCUT2D eigenvalue weighted by atomic mass is 35.5. The second-order valence-electron chi connectivity index (χ2n) is 7.30. The summed E-state index contributed by atoms with van der Waals surface area (Å²) >= 11 is 6.22. The zero-order valence-corrected chi connectivity index (χ0v) is 18.5. The Hall–Kier alpha value is -1.97. The maximum atomic E-state index is 13.4. The fourth-order valence-corrected chi connectivity index (χ4v) is 4.61. The van der Waals surface area contributed by atoms with Gasteiger partial charge in [0.25, 0.3) is 5.91 Å². The first-order chi connectivity index (χ1) is 14.1. The number of hydrogen-bond donors (Lipinski definition) is 0. The van der Waals surface area contributed by atoms with Gasteiger partial charge in [0.2, 0.25) is 5.82 Å². The summed E-state index contributed by atoms with van der Waals surface area (Å²) in [6, 6.07) is 1.94. The standard InChI is InChI=1S/C22H28ClN4OP/c1-3-8-16(4-2)17-10-13-26(18(15-17)9-5-6-14-29)22(28)21-25-19(23)20-24-11-7-12-27(20)21/h3-4,7-8,11-12,17-18H,1-2,5-6,9-10,13-15,29H2/b16-8+. The number of unbranched alkanes of at least 4 members (excludes halogenated alkanes) is 1. The maximum Gasteiger partial charge on any atom is 0.290 e. The molecular formula is C22H28ClN4OP. The lowest BCUT2D eigenvalue weighted by atomic mass is 9.83. The third-order valence-corrected chi connectivity index (χ3v) is 6.20. The van der Waals surface area contributed by atoms with Crippen molar-refractivity contribution in [2.75, 3.05) is 12.7 Å². The molecule has 7 heteroatoms. The molecule has 1 fully saturated rings. The lowest BCUT2D eigenvalue weighted by molar-refractivity contribution is 0.0542. The maximum absolute atomic E-state index is 13.4. The molecular weight excluding hydrogens is 403 g/mol. The molecule has 154 valence electrons. The number of halogens is 1. The fourth-order valence-electron chi connectivity index (χ4n) is 4.10. The van der Waals surface area contributed by atoms with Crippen molar-refractivity contribution in [3.63, 3.8) is 0 Å². The summed E-state index contributed by atoms with van der Waals surface area (Å²) in [5.74, 6) is 0.637. The Morgan fingerprint density at radius 1 is 1.38 bits per heavy atom. The zero-order valence-electron chi connectivity index (χ0n) is 16.6. The van der Waals surface area contributed by atoms with Crippen LogP contribution in [0, 0.1) is 5.92 Å². The Kier molecular flexibility index (Phi) is 7.63. The van der Waals surface area contributed by atoms with Gasteiger partial charge in [-0.25, -0.2) is 9.97 Å². The van der Waals surface area contributed by atoms with Crippen LogP contribution in [0.3, 0.4) is 0 Å². The molecule has 3 unspecified atom stereocenters. The van der Waals surface area contributed by atoms with Crippen LogP contribution in [0.4, 0.5) is 0 Å². The van der Waals surface area contributed by atoms with E-state index < -0.39 is 0 Å². The summed E-state index contributed by atoms with van der Waals surface area (Å²) in [7, 11) is 2.78. The van der Waals surface area contributed by atoms with Crippen LogP contribution in [0.15, 0.2) is 55.4 Å². The number of allylic oxidation sites excluding steroid dienone is 4. The number of aromatic nitrogens is 3. The van der Waals surface area contributed by atoms with Crippen molar-refractivity contribution in [3.05, 3.63) is 66.4 Å². The molecule has 0 spiro atoms. The minimum absolute atomic E-state index is 0.0814. The van der Waals surface area contributed by atoms with E-state index in [4.69, 9.17) is 11.6 Å². The number of fused-ring (bicyclic) bond motifs is 1. The molecule has 5 nitrogen and oxygen atoms in total. The number of hydrogen-bond acceptors (Lipinski definition) is 3. The van der Waals surface area contributed by atoms with Gasteiger partial charge in [-0.05, 0) is 49.4 Å². The van der Waals surface area contributed by atoms with Crippen LogP contribution >= 0.6 is 20.8 Å². The summed E-state index contributed by atoms with van der Waals surface area (Å²) < 4.78 is 1.68. The van der Waals surface area contributed by atoms with E-state index in [2.05, 4.69) is 32.4 Å². The third-order valence-electron chi connectivity index (χ3n) is 5.54. The summed E-state index contributed by atoms with van der Waals surface area (Å²) in [5.41, 5.74) is 1.71. The van der Waals surface area contributed by atoms with E-state index in [9.17, 15) is 4.79 Å².